The highest BCUT2D eigenvalue weighted by atomic mass is 31.2. The molecule has 2 aromatic carbocycles. The van der Waals surface area contributed by atoms with Crippen LogP contribution in [0, 0.1) is 5.92 Å². The first kappa shape index (κ1) is 30.2. The maximum Gasteiger partial charge on any atom is 0.408 e. The summed E-state index contributed by atoms with van der Waals surface area (Å²) in [5, 5.41) is 22.0. The van der Waals surface area contributed by atoms with Crippen molar-refractivity contribution in [3.63, 3.8) is 0 Å². The first-order valence-electron chi connectivity index (χ1n) is 12.9. The lowest BCUT2D eigenvalue weighted by molar-refractivity contribution is -0.141. The summed E-state index contributed by atoms with van der Waals surface area (Å²) in [6.45, 7) is 5.27. The molecule has 0 aliphatic carbocycles. The Morgan fingerprint density at radius 1 is 1.05 bits per heavy atom. The summed E-state index contributed by atoms with van der Waals surface area (Å²) < 4.78 is 19.0. The van der Waals surface area contributed by atoms with Gasteiger partial charge in [-0.05, 0) is 63.3 Å². The van der Waals surface area contributed by atoms with E-state index in [9.17, 15) is 34.1 Å². The van der Waals surface area contributed by atoms with Crippen LogP contribution >= 0.6 is 7.37 Å². The zero-order valence-corrected chi connectivity index (χ0v) is 23.3. The molecule has 11 heteroatoms. The van der Waals surface area contributed by atoms with Crippen molar-refractivity contribution in [3.8, 4) is 5.75 Å². The molecular formula is C28H37N2O8P. The van der Waals surface area contributed by atoms with Gasteiger partial charge in [0.05, 0.1) is 5.92 Å². The largest absolute Gasteiger partial charge is 0.508 e. The maximum atomic E-state index is 13.7. The molecule has 2 amide bonds. The highest BCUT2D eigenvalue weighted by molar-refractivity contribution is 7.58. The number of phenols is 1. The van der Waals surface area contributed by atoms with Crippen molar-refractivity contribution in [3.05, 3.63) is 65.7 Å². The van der Waals surface area contributed by atoms with Crippen LogP contribution in [0.1, 0.15) is 44.7 Å². The van der Waals surface area contributed by atoms with Gasteiger partial charge < -0.3 is 30.1 Å². The van der Waals surface area contributed by atoms with Gasteiger partial charge in [-0.25, -0.2) is 4.79 Å². The Morgan fingerprint density at radius 3 is 2.26 bits per heavy atom. The third kappa shape index (κ3) is 8.83. The van der Waals surface area contributed by atoms with Crippen molar-refractivity contribution in [1.29, 1.82) is 0 Å². The molecule has 3 rings (SSSR count). The minimum atomic E-state index is -4.15. The van der Waals surface area contributed by atoms with E-state index < -0.39 is 54.8 Å². The number of alkyl carbamates (subject to hydrolysis) is 1. The van der Waals surface area contributed by atoms with Crippen LogP contribution in [0.15, 0.2) is 54.6 Å². The Hall–Kier alpha value is -3.36. The number of benzene rings is 2. The van der Waals surface area contributed by atoms with Gasteiger partial charge in [-0.1, -0.05) is 42.5 Å². The van der Waals surface area contributed by atoms with Gasteiger partial charge in [-0.3, -0.25) is 14.2 Å². The second-order valence-corrected chi connectivity index (χ2v) is 13.4. The van der Waals surface area contributed by atoms with Crippen molar-refractivity contribution in [1.82, 2.24) is 10.2 Å². The summed E-state index contributed by atoms with van der Waals surface area (Å²) in [6.07, 6.45) is -0.427. The number of likely N-dealkylation sites (tertiary alicyclic amines) is 1. The number of hydrogen-bond donors (Lipinski definition) is 4. The Balaban J connectivity index is 1.81. The quantitative estimate of drug-likeness (QED) is 0.318. The molecule has 1 fully saturated rings. The summed E-state index contributed by atoms with van der Waals surface area (Å²) in [4.78, 5) is 50.7. The Morgan fingerprint density at radius 2 is 1.67 bits per heavy atom. The molecule has 39 heavy (non-hydrogen) atoms. The molecule has 1 heterocycles. The predicted molar refractivity (Wildman–Crippen MR) is 146 cm³/mol. The topological polar surface area (TPSA) is 153 Å². The van der Waals surface area contributed by atoms with Crippen LogP contribution in [0.5, 0.6) is 5.75 Å². The number of phenolic OH excluding ortho intramolecular Hbond substituents is 1. The fourth-order valence-electron chi connectivity index (χ4n) is 4.71. The van der Waals surface area contributed by atoms with E-state index in [1.807, 2.05) is 0 Å². The normalized spacial score (nSPS) is 18.6. The molecule has 1 aliphatic heterocycles. The number of nitrogens with zero attached hydrogens (tertiary/aromatic N) is 1. The predicted octanol–water partition coefficient (Wildman–Crippen LogP) is 3.99. The molecule has 1 saturated heterocycles. The third-order valence-corrected chi connectivity index (χ3v) is 8.92. The van der Waals surface area contributed by atoms with E-state index in [-0.39, 0.29) is 31.6 Å². The maximum absolute atomic E-state index is 13.7. The van der Waals surface area contributed by atoms with Crippen LogP contribution < -0.4 is 5.32 Å². The van der Waals surface area contributed by atoms with E-state index in [1.165, 1.54) is 17.0 Å². The summed E-state index contributed by atoms with van der Waals surface area (Å²) in [5.74, 6) is -3.86. The van der Waals surface area contributed by atoms with Crippen molar-refractivity contribution >= 4 is 25.3 Å². The van der Waals surface area contributed by atoms with Gasteiger partial charge in [0.2, 0.25) is 13.3 Å². The zero-order chi connectivity index (χ0) is 28.8. The lowest BCUT2D eigenvalue weighted by Crippen LogP contribution is -2.52. The average Bonchev–Trinajstić information content (AvgIpc) is 3.35. The highest BCUT2D eigenvalue weighted by Crippen LogP contribution is 2.53. The fraction of sp³-hybridized carbons (Fsp3) is 0.464. The SMILES string of the molecule is CC(C)(C)OC(=O)N[C@@H](Cc1ccc(O)cc1)C(=O)N1CCC[C@@H]1P(=O)(O)C[C@@H](Cc1ccccc1)C(=O)O. The molecule has 0 saturated carbocycles. The number of nitrogens with one attached hydrogen (secondary N) is 1. The molecule has 10 nitrogen and oxygen atoms in total. The molecule has 2 aromatic rings. The molecule has 212 valence electrons. The monoisotopic (exact) mass is 560 g/mol. The van der Waals surface area contributed by atoms with Gasteiger partial charge in [-0.2, -0.15) is 0 Å². The molecule has 0 spiro atoms. The second kappa shape index (κ2) is 12.7. The molecule has 4 N–H and O–H groups in total. The molecule has 1 aliphatic rings. The van der Waals surface area contributed by atoms with Gasteiger partial charge >= 0.3 is 12.1 Å². The first-order chi connectivity index (χ1) is 18.2. The van der Waals surface area contributed by atoms with Crippen LogP contribution in [0.4, 0.5) is 4.79 Å². The van der Waals surface area contributed by atoms with Crippen LogP contribution in [-0.2, 0) is 31.7 Å². The minimum absolute atomic E-state index is 0.0473. The molecular weight excluding hydrogens is 523 g/mol. The van der Waals surface area contributed by atoms with E-state index >= 15 is 0 Å². The number of aromatic hydroxyl groups is 1. The van der Waals surface area contributed by atoms with E-state index in [0.717, 1.165) is 5.56 Å². The van der Waals surface area contributed by atoms with Crippen LogP contribution in [0.2, 0.25) is 0 Å². The van der Waals surface area contributed by atoms with Gasteiger partial charge in [0, 0.05) is 19.1 Å². The standard InChI is InChI=1S/C28H37N2O8P/c1-28(2,3)38-27(35)29-23(17-20-11-13-22(31)14-12-20)25(32)30-15-7-10-24(30)39(36,37)18-21(26(33)34)16-19-8-5-4-6-9-19/h4-6,8-9,11-14,21,23-24,31H,7,10,15-18H2,1-3H3,(H,29,35)(H,33,34)(H,36,37)/t21-,23+,24+/m1/s1. The van der Waals surface area contributed by atoms with Crippen molar-refractivity contribution in [2.75, 3.05) is 12.7 Å². The lowest BCUT2D eigenvalue weighted by Gasteiger charge is -2.33. The highest BCUT2D eigenvalue weighted by Gasteiger charge is 2.45. The summed E-state index contributed by atoms with van der Waals surface area (Å²) >= 11 is 0. The van der Waals surface area contributed by atoms with Gasteiger partial charge in [-0.15, -0.1) is 0 Å². The zero-order valence-electron chi connectivity index (χ0n) is 22.4. The first-order valence-corrected chi connectivity index (χ1v) is 14.8. The van der Waals surface area contributed by atoms with Gasteiger partial charge in [0.1, 0.15) is 23.2 Å². The number of ether oxygens (including phenoxy) is 1. The van der Waals surface area contributed by atoms with Crippen LogP contribution in [0.3, 0.4) is 0 Å². The van der Waals surface area contributed by atoms with E-state index in [0.29, 0.717) is 12.0 Å². The summed E-state index contributed by atoms with van der Waals surface area (Å²) in [7, 11) is -4.15. The molecule has 0 bridgehead atoms. The van der Waals surface area contributed by atoms with E-state index in [1.54, 1.807) is 63.2 Å². The number of amides is 2. The smallest absolute Gasteiger partial charge is 0.408 e. The minimum Gasteiger partial charge on any atom is -0.508 e. The number of hydrogen-bond acceptors (Lipinski definition) is 6. The average molecular weight is 561 g/mol. The molecule has 4 atom stereocenters. The summed E-state index contributed by atoms with van der Waals surface area (Å²) in [6, 6.07) is 13.9. The number of carbonyl (C=O) groups excluding carboxylic acids is 2. The van der Waals surface area contributed by atoms with Crippen molar-refractivity contribution in [2.45, 2.75) is 63.9 Å². The molecule has 0 radical (unpaired) electrons. The van der Waals surface area contributed by atoms with Gasteiger partial charge in [0.25, 0.3) is 0 Å². The fourth-order valence-corrected chi connectivity index (χ4v) is 7.12. The Bertz CT molecular complexity index is 1200. The Labute approximate surface area is 228 Å². The number of aliphatic carboxylic acids is 1. The van der Waals surface area contributed by atoms with Crippen LogP contribution in [-0.4, -0.2) is 68.1 Å². The number of carboxylic acid groups (broad SMARTS) is 1. The van der Waals surface area contributed by atoms with Crippen LogP contribution in [0.25, 0.3) is 0 Å². The van der Waals surface area contributed by atoms with E-state index in [2.05, 4.69) is 5.32 Å². The van der Waals surface area contributed by atoms with Crippen molar-refractivity contribution < 1.29 is 38.8 Å². The van der Waals surface area contributed by atoms with Gasteiger partial charge in [0.15, 0.2) is 0 Å². The second-order valence-electron chi connectivity index (χ2n) is 10.9. The summed E-state index contributed by atoms with van der Waals surface area (Å²) in [5.41, 5.74) is 0.580. The van der Waals surface area contributed by atoms with Crippen molar-refractivity contribution in [2.24, 2.45) is 5.92 Å². The molecule has 0 aromatic heterocycles. The lowest BCUT2D eigenvalue weighted by atomic mass is 10.0. The Kier molecular flexibility index (Phi) is 9.80. The number of rotatable bonds is 10. The number of carbonyl (C=O) groups is 3. The number of carboxylic acids is 1. The van der Waals surface area contributed by atoms with E-state index in [4.69, 9.17) is 4.74 Å². The molecule has 1 unspecified atom stereocenters. The third-order valence-electron chi connectivity index (χ3n) is 6.49.